The number of rotatable bonds is 6. The monoisotopic (exact) mass is 288 g/mol. The average molecular weight is 288 g/mol. The van der Waals surface area contributed by atoms with Gasteiger partial charge in [-0.1, -0.05) is 13.0 Å². The molecule has 0 unspecified atom stereocenters. The van der Waals surface area contributed by atoms with E-state index in [1.54, 1.807) is 6.92 Å². The standard InChI is InChI=1S/C12H17FN2O3S/c1-3-12(16)14-7-8-15(19(2,17)18)11-6-4-5-10(13)9-11/h4-6,9H,3,7-8H2,1-2H3,(H,14,16). The summed E-state index contributed by atoms with van der Waals surface area (Å²) < 4.78 is 37.5. The Morgan fingerprint density at radius 2 is 2.11 bits per heavy atom. The van der Waals surface area contributed by atoms with Gasteiger partial charge in [0.1, 0.15) is 5.82 Å². The maximum Gasteiger partial charge on any atom is 0.232 e. The molecule has 0 saturated heterocycles. The van der Waals surface area contributed by atoms with E-state index in [9.17, 15) is 17.6 Å². The number of nitrogens with one attached hydrogen (secondary N) is 1. The lowest BCUT2D eigenvalue weighted by Crippen LogP contribution is -2.38. The quantitative estimate of drug-likeness (QED) is 0.853. The van der Waals surface area contributed by atoms with Crippen molar-refractivity contribution in [3.05, 3.63) is 30.1 Å². The lowest BCUT2D eigenvalue weighted by atomic mass is 10.3. The van der Waals surface area contributed by atoms with Crippen LogP contribution < -0.4 is 9.62 Å². The molecule has 1 aromatic rings. The third kappa shape index (κ3) is 4.86. The molecule has 0 saturated carbocycles. The molecule has 0 aliphatic carbocycles. The molecule has 1 N–H and O–H groups in total. The first kappa shape index (κ1) is 15.4. The summed E-state index contributed by atoms with van der Waals surface area (Å²) in [5.41, 5.74) is 0.244. The second-order valence-electron chi connectivity index (χ2n) is 4.02. The van der Waals surface area contributed by atoms with Crippen molar-refractivity contribution in [3.63, 3.8) is 0 Å². The Labute approximate surface area is 112 Å². The molecule has 1 amide bonds. The van der Waals surface area contributed by atoms with Crippen molar-refractivity contribution in [1.29, 1.82) is 0 Å². The molecule has 0 radical (unpaired) electrons. The molecule has 0 heterocycles. The second-order valence-corrected chi connectivity index (χ2v) is 5.93. The average Bonchev–Trinajstić information content (AvgIpc) is 2.32. The van der Waals surface area contributed by atoms with Crippen LogP contribution in [0.1, 0.15) is 13.3 Å². The van der Waals surface area contributed by atoms with E-state index in [-0.39, 0.29) is 24.7 Å². The minimum absolute atomic E-state index is 0.0635. The summed E-state index contributed by atoms with van der Waals surface area (Å²) in [5.74, 6) is -0.670. The van der Waals surface area contributed by atoms with Crippen molar-refractivity contribution in [2.75, 3.05) is 23.7 Å². The number of benzene rings is 1. The maximum absolute atomic E-state index is 13.1. The van der Waals surface area contributed by atoms with Crippen molar-refractivity contribution in [1.82, 2.24) is 5.32 Å². The molecule has 0 aliphatic rings. The molecule has 106 valence electrons. The Hall–Kier alpha value is -1.63. The minimum atomic E-state index is -3.52. The van der Waals surface area contributed by atoms with Gasteiger partial charge in [-0.3, -0.25) is 9.10 Å². The van der Waals surface area contributed by atoms with E-state index in [4.69, 9.17) is 0 Å². The topological polar surface area (TPSA) is 66.5 Å². The number of carbonyl (C=O) groups is 1. The summed E-state index contributed by atoms with van der Waals surface area (Å²) in [6.45, 7) is 1.94. The normalized spacial score (nSPS) is 11.1. The van der Waals surface area contributed by atoms with Crippen LogP contribution in [0.25, 0.3) is 0 Å². The van der Waals surface area contributed by atoms with Crippen LogP contribution in [-0.4, -0.2) is 33.7 Å². The van der Waals surface area contributed by atoms with Gasteiger partial charge in [-0.05, 0) is 18.2 Å². The van der Waals surface area contributed by atoms with Crippen molar-refractivity contribution >= 4 is 21.6 Å². The highest BCUT2D eigenvalue weighted by Crippen LogP contribution is 2.17. The van der Waals surface area contributed by atoms with Crippen LogP contribution in [-0.2, 0) is 14.8 Å². The summed E-state index contributed by atoms with van der Waals surface area (Å²) in [6, 6.07) is 5.32. The minimum Gasteiger partial charge on any atom is -0.354 e. The molecule has 0 bridgehead atoms. The fourth-order valence-electron chi connectivity index (χ4n) is 1.54. The fourth-order valence-corrected chi connectivity index (χ4v) is 2.46. The van der Waals surface area contributed by atoms with E-state index in [0.29, 0.717) is 6.42 Å². The Balaban J connectivity index is 2.83. The highest BCUT2D eigenvalue weighted by Gasteiger charge is 2.17. The van der Waals surface area contributed by atoms with E-state index in [1.165, 1.54) is 18.2 Å². The number of sulfonamides is 1. The van der Waals surface area contributed by atoms with E-state index < -0.39 is 15.8 Å². The first-order valence-electron chi connectivity index (χ1n) is 5.84. The van der Waals surface area contributed by atoms with Crippen LogP contribution >= 0.6 is 0 Å². The van der Waals surface area contributed by atoms with Crippen LogP contribution in [0.15, 0.2) is 24.3 Å². The van der Waals surface area contributed by atoms with Crippen molar-refractivity contribution < 1.29 is 17.6 Å². The fraction of sp³-hybridized carbons (Fsp3) is 0.417. The van der Waals surface area contributed by atoms with Gasteiger partial charge in [0, 0.05) is 13.0 Å². The van der Waals surface area contributed by atoms with Crippen molar-refractivity contribution in [2.24, 2.45) is 0 Å². The van der Waals surface area contributed by atoms with Crippen molar-refractivity contribution in [3.8, 4) is 0 Å². The SMILES string of the molecule is CCC(=O)NCCN(c1cccc(F)c1)S(C)(=O)=O. The summed E-state index contributed by atoms with van der Waals surface area (Å²) in [6.07, 6.45) is 1.37. The Bertz CT molecular complexity index is 546. The Kier molecular flexibility index (Phi) is 5.29. The first-order valence-corrected chi connectivity index (χ1v) is 7.69. The largest absolute Gasteiger partial charge is 0.354 e. The van der Waals surface area contributed by atoms with E-state index in [0.717, 1.165) is 16.6 Å². The number of anilines is 1. The third-order valence-corrected chi connectivity index (χ3v) is 3.65. The molecule has 0 aromatic heterocycles. The molecule has 1 rings (SSSR count). The lowest BCUT2D eigenvalue weighted by molar-refractivity contribution is -0.120. The zero-order chi connectivity index (χ0) is 14.5. The molecule has 5 nitrogen and oxygen atoms in total. The van der Waals surface area contributed by atoms with Gasteiger partial charge in [0.15, 0.2) is 0 Å². The van der Waals surface area contributed by atoms with Crippen LogP contribution in [0.3, 0.4) is 0 Å². The second kappa shape index (κ2) is 6.51. The van der Waals surface area contributed by atoms with Crippen LogP contribution in [0, 0.1) is 5.82 Å². The number of hydrogen-bond donors (Lipinski definition) is 1. The van der Waals surface area contributed by atoms with E-state index in [1.807, 2.05) is 0 Å². The zero-order valence-electron chi connectivity index (χ0n) is 10.9. The number of hydrogen-bond acceptors (Lipinski definition) is 3. The van der Waals surface area contributed by atoms with Gasteiger partial charge in [0.25, 0.3) is 0 Å². The highest BCUT2D eigenvalue weighted by atomic mass is 32.2. The molecular formula is C12H17FN2O3S. The van der Waals surface area contributed by atoms with Crippen molar-refractivity contribution in [2.45, 2.75) is 13.3 Å². The zero-order valence-corrected chi connectivity index (χ0v) is 11.7. The van der Waals surface area contributed by atoms with Gasteiger partial charge in [-0.15, -0.1) is 0 Å². The smallest absolute Gasteiger partial charge is 0.232 e. The number of halogens is 1. The van der Waals surface area contributed by atoms with Crippen LogP contribution in [0.4, 0.5) is 10.1 Å². The van der Waals surface area contributed by atoms with Gasteiger partial charge in [0.2, 0.25) is 15.9 Å². The summed E-state index contributed by atoms with van der Waals surface area (Å²) >= 11 is 0. The van der Waals surface area contributed by atoms with E-state index >= 15 is 0 Å². The van der Waals surface area contributed by atoms with Gasteiger partial charge < -0.3 is 5.32 Å². The van der Waals surface area contributed by atoms with Gasteiger partial charge in [0.05, 0.1) is 18.5 Å². The Morgan fingerprint density at radius 1 is 1.42 bits per heavy atom. The molecule has 0 atom stereocenters. The number of carbonyl (C=O) groups excluding carboxylic acids is 1. The lowest BCUT2D eigenvalue weighted by Gasteiger charge is -2.22. The number of nitrogens with zero attached hydrogens (tertiary/aromatic N) is 1. The molecule has 7 heteroatoms. The summed E-state index contributed by atoms with van der Waals surface area (Å²) in [5, 5.41) is 2.58. The predicted octanol–water partition coefficient (Wildman–Crippen LogP) is 1.12. The third-order valence-electron chi connectivity index (χ3n) is 2.45. The van der Waals surface area contributed by atoms with E-state index in [2.05, 4.69) is 5.32 Å². The maximum atomic E-state index is 13.1. The molecule has 0 aliphatic heterocycles. The van der Waals surface area contributed by atoms with Crippen LogP contribution in [0.5, 0.6) is 0 Å². The molecule has 0 spiro atoms. The van der Waals surface area contributed by atoms with Gasteiger partial charge in [-0.25, -0.2) is 12.8 Å². The molecule has 1 aromatic carbocycles. The van der Waals surface area contributed by atoms with Gasteiger partial charge in [-0.2, -0.15) is 0 Å². The first-order chi connectivity index (χ1) is 8.84. The number of amides is 1. The highest BCUT2D eigenvalue weighted by molar-refractivity contribution is 7.92. The van der Waals surface area contributed by atoms with Gasteiger partial charge >= 0.3 is 0 Å². The summed E-state index contributed by atoms with van der Waals surface area (Å²) in [4.78, 5) is 11.1. The van der Waals surface area contributed by atoms with Crippen LogP contribution in [0.2, 0.25) is 0 Å². The Morgan fingerprint density at radius 3 is 2.63 bits per heavy atom. The molecule has 0 fully saturated rings. The predicted molar refractivity (Wildman–Crippen MR) is 71.9 cm³/mol. The summed E-state index contributed by atoms with van der Waals surface area (Å²) in [7, 11) is -3.52. The molecule has 19 heavy (non-hydrogen) atoms. The molecular weight excluding hydrogens is 271 g/mol.